The second-order valence-electron chi connectivity index (χ2n) is 8.29. The SMILES string of the molecule is Cc1ncsc1-c1ccc(CNC(=O)[C@@H]2C[C@@H](O)CN2C(O)C(C)Cn2cncn2)cc1. The average Bonchev–Trinajstić information content (AvgIpc) is 3.53. The number of likely N-dealkylation sites (tertiary alicyclic amines) is 1. The van der Waals surface area contributed by atoms with Crippen molar-refractivity contribution in [3.8, 4) is 10.4 Å². The highest BCUT2D eigenvalue weighted by molar-refractivity contribution is 7.13. The Morgan fingerprint density at radius 2 is 2.12 bits per heavy atom. The molecule has 1 saturated heterocycles. The first-order valence-corrected chi connectivity index (χ1v) is 11.5. The average molecular weight is 457 g/mol. The van der Waals surface area contributed by atoms with E-state index in [0.29, 0.717) is 19.5 Å². The molecule has 10 heteroatoms. The summed E-state index contributed by atoms with van der Waals surface area (Å²) in [5.41, 5.74) is 4.93. The van der Waals surface area contributed by atoms with Gasteiger partial charge in [-0.15, -0.1) is 11.3 Å². The van der Waals surface area contributed by atoms with Gasteiger partial charge in [-0.3, -0.25) is 14.4 Å². The van der Waals surface area contributed by atoms with Crippen molar-refractivity contribution in [3.05, 3.63) is 53.7 Å². The van der Waals surface area contributed by atoms with Gasteiger partial charge in [-0.05, 0) is 24.5 Å². The normalized spacial score (nSPS) is 20.9. The molecular weight excluding hydrogens is 428 g/mol. The smallest absolute Gasteiger partial charge is 0.237 e. The quantitative estimate of drug-likeness (QED) is 0.469. The van der Waals surface area contributed by atoms with Crippen molar-refractivity contribution < 1.29 is 15.0 Å². The number of carbonyl (C=O) groups is 1. The maximum Gasteiger partial charge on any atom is 0.237 e. The minimum absolute atomic E-state index is 0.194. The molecule has 9 nitrogen and oxygen atoms in total. The zero-order valence-electron chi connectivity index (χ0n) is 18.1. The highest BCUT2D eigenvalue weighted by Crippen LogP contribution is 2.27. The predicted octanol–water partition coefficient (Wildman–Crippen LogP) is 1.42. The van der Waals surface area contributed by atoms with Crippen molar-refractivity contribution in [2.24, 2.45) is 5.92 Å². The number of amides is 1. The molecule has 2 unspecified atom stereocenters. The van der Waals surface area contributed by atoms with Gasteiger partial charge in [0.25, 0.3) is 0 Å². The molecule has 1 aromatic carbocycles. The van der Waals surface area contributed by atoms with E-state index in [4.69, 9.17) is 0 Å². The Bertz CT molecular complexity index is 1020. The first-order valence-electron chi connectivity index (χ1n) is 10.6. The van der Waals surface area contributed by atoms with Gasteiger partial charge in [-0.1, -0.05) is 31.2 Å². The van der Waals surface area contributed by atoms with Crippen LogP contribution in [0.3, 0.4) is 0 Å². The maximum absolute atomic E-state index is 12.9. The van der Waals surface area contributed by atoms with Crippen molar-refractivity contribution in [2.45, 2.75) is 51.7 Å². The molecule has 0 radical (unpaired) electrons. The second kappa shape index (κ2) is 9.86. The van der Waals surface area contributed by atoms with Crippen molar-refractivity contribution in [3.63, 3.8) is 0 Å². The maximum atomic E-state index is 12.9. The third-order valence-corrected chi connectivity index (χ3v) is 6.82. The molecule has 32 heavy (non-hydrogen) atoms. The van der Waals surface area contributed by atoms with Crippen LogP contribution in [0.15, 0.2) is 42.4 Å². The lowest BCUT2D eigenvalue weighted by molar-refractivity contribution is -0.131. The Labute approximate surface area is 190 Å². The largest absolute Gasteiger partial charge is 0.392 e. The van der Waals surface area contributed by atoms with Gasteiger partial charge in [-0.25, -0.2) is 9.97 Å². The zero-order chi connectivity index (χ0) is 22.7. The number of benzene rings is 1. The monoisotopic (exact) mass is 456 g/mol. The van der Waals surface area contributed by atoms with E-state index in [1.165, 1.54) is 6.33 Å². The summed E-state index contributed by atoms with van der Waals surface area (Å²) in [6.07, 6.45) is 1.80. The van der Waals surface area contributed by atoms with E-state index >= 15 is 0 Å². The van der Waals surface area contributed by atoms with Crippen molar-refractivity contribution in [1.82, 2.24) is 30.0 Å². The highest BCUT2D eigenvalue weighted by Gasteiger charge is 2.40. The molecule has 1 fully saturated rings. The summed E-state index contributed by atoms with van der Waals surface area (Å²) < 4.78 is 1.65. The third-order valence-electron chi connectivity index (χ3n) is 5.84. The summed E-state index contributed by atoms with van der Waals surface area (Å²) in [5, 5.41) is 28.0. The lowest BCUT2D eigenvalue weighted by atomic mass is 10.1. The van der Waals surface area contributed by atoms with Crippen LogP contribution in [0.2, 0.25) is 0 Å². The molecule has 2 aromatic heterocycles. The molecule has 3 heterocycles. The Balaban J connectivity index is 1.35. The van der Waals surface area contributed by atoms with E-state index in [1.807, 2.05) is 43.6 Å². The van der Waals surface area contributed by atoms with E-state index in [-0.39, 0.29) is 18.4 Å². The lowest BCUT2D eigenvalue weighted by Crippen LogP contribution is -2.50. The van der Waals surface area contributed by atoms with E-state index in [0.717, 1.165) is 21.7 Å². The van der Waals surface area contributed by atoms with Crippen LogP contribution in [0.25, 0.3) is 10.4 Å². The van der Waals surface area contributed by atoms with Gasteiger partial charge in [0, 0.05) is 25.6 Å². The van der Waals surface area contributed by atoms with Gasteiger partial charge in [0.2, 0.25) is 5.91 Å². The van der Waals surface area contributed by atoms with Crippen molar-refractivity contribution >= 4 is 17.2 Å². The van der Waals surface area contributed by atoms with Crippen LogP contribution in [0.1, 0.15) is 24.6 Å². The highest BCUT2D eigenvalue weighted by atomic mass is 32.1. The van der Waals surface area contributed by atoms with E-state index in [1.54, 1.807) is 27.2 Å². The Kier molecular flexibility index (Phi) is 6.95. The molecule has 3 aromatic rings. The van der Waals surface area contributed by atoms with Crippen LogP contribution < -0.4 is 5.32 Å². The minimum atomic E-state index is -0.881. The summed E-state index contributed by atoms with van der Waals surface area (Å²) in [6, 6.07) is 7.46. The Morgan fingerprint density at radius 1 is 1.34 bits per heavy atom. The molecule has 4 rings (SSSR count). The first-order chi connectivity index (χ1) is 15.4. The molecule has 0 aliphatic carbocycles. The zero-order valence-corrected chi connectivity index (χ0v) is 18.9. The van der Waals surface area contributed by atoms with Crippen molar-refractivity contribution in [1.29, 1.82) is 0 Å². The van der Waals surface area contributed by atoms with Gasteiger partial charge < -0.3 is 15.5 Å². The number of nitrogens with one attached hydrogen (secondary N) is 1. The predicted molar refractivity (Wildman–Crippen MR) is 120 cm³/mol. The Morgan fingerprint density at radius 3 is 2.78 bits per heavy atom. The minimum Gasteiger partial charge on any atom is -0.392 e. The lowest BCUT2D eigenvalue weighted by Gasteiger charge is -2.32. The van der Waals surface area contributed by atoms with Gasteiger partial charge in [0.15, 0.2) is 0 Å². The molecule has 4 atom stereocenters. The second-order valence-corrected chi connectivity index (χ2v) is 9.15. The number of aliphatic hydroxyl groups is 2. The molecule has 1 aliphatic heterocycles. The van der Waals surface area contributed by atoms with Gasteiger partial charge >= 0.3 is 0 Å². The summed E-state index contributed by atoms with van der Waals surface area (Å²) >= 11 is 1.61. The van der Waals surface area contributed by atoms with E-state index in [2.05, 4.69) is 20.4 Å². The van der Waals surface area contributed by atoms with E-state index < -0.39 is 18.4 Å². The molecule has 0 saturated carbocycles. The number of aromatic nitrogens is 4. The van der Waals surface area contributed by atoms with Crippen LogP contribution in [-0.2, 0) is 17.9 Å². The summed E-state index contributed by atoms with van der Waals surface area (Å²) in [6.45, 7) is 4.98. The molecule has 1 aliphatic rings. The number of thiazole rings is 1. The number of carbonyl (C=O) groups excluding carboxylic acids is 1. The molecule has 0 spiro atoms. The van der Waals surface area contributed by atoms with E-state index in [9.17, 15) is 15.0 Å². The van der Waals surface area contributed by atoms with Crippen LogP contribution >= 0.6 is 11.3 Å². The number of aryl methyl sites for hydroxylation is 1. The molecule has 170 valence electrons. The number of hydrogen-bond acceptors (Lipinski definition) is 8. The van der Waals surface area contributed by atoms with Gasteiger partial charge in [0.1, 0.15) is 18.9 Å². The number of rotatable bonds is 8. The standard InChI is InChI=1S/C22H28N6O3S/c1-14(9-27-12-23-11-26-27)22(31)28-10-18(29)7-19(28)21(30)24-8-16-3-5-17(6-4-16)20-15(2)25-13-32-20/h3-6,11-14,18-19,22,29,31H,7-10H2,1-2H3,(H,24,30)/t14?,18-,19+,22?/m1/s1. The molecular formula is C22H28N6O3S. The number of hydrogen-bond donors (Lipinski definition) is 3. The summed E-state index contributed by atoms with van der Waals surface area (Å²) in [5.74, 6) is -0.393. The third kappa shape index (κ3) is 5.04. The van der Waals surface area contributed by atoms with Gasteiger partial charge in [0.05, 0.1) is 28.2 Å². The number of aliphatic hydroxyl groups excluding tert-OH is 2. The fourth-order valence-corrected chi connectivity index (χ4v) is 4.90. The van der Waals surface area contributed by atoms with Crippen LogP contribution in [0.5, 0.6) is 0 Å². The number of nitrogens with zero attached hydrogens (tertiary/aromatic N) is 5. The molecule has 3 N–H and O–H groups in total. The van der Waals surface area contributed by atoms with Crippen LogP contribution in [-0.4, -0.2) is 65.7 Å². The Hall–Kier alpha value is -2.66. The summed E-state index contributed by atoms with van der Waals surface area (Å²) in [4.78, 5) is 23.9. The summed E-state index contributed by atoms with van der Waals surface area (Å²) in [7, 11) is 0. The number of β-amino-alcohol motifs (C(OH)–C–C–N with tert-alkyl or cyclic N) is 1. The molecule has 0 bridgehead atoms. The van der Waals surface area contributed by atoms with Crippen LogP contribution in [0.4, 0.5) is 0 Å². The first kappa shape index (κ1) is 22.5. The topological polar surface area (TPSA) is 116 Å². The fourth-order valence-electron chi connectivity index (χ4n) is 4.09. The molecule has 1 amide bonds. The van der Waals surface area contributed by atoms with Crippen molar-refractivity contribution in [2.75, 3.05) is 6.54 Å². The fraction of sp³-hybridized carbons (Fsp3) is 0.455. The van der Waals surface area contributed by atoms with Gasteiger partial charge in [-0.2, -0.15) is 5.10 Å². The van der Waals surface area contributed by atoms with Crippen LogP contribution in [0, 0.1) is 12.8 Å².